The molecule has 0 saturated heterocycles. The van der Waals surface area contributed by atoms with Crippen LogP contribution in [0.5, 0.6) is 11.5 Å². The van der Waals surface area contributed by atoms with E-state index < -0.39 is 11.7 Å². The summed E-state index contributed by atoms with van der Waals surface area (Å²) in [6, 6.07) is 13.6. The fourth-order valence-electron chi connectivity index (χ4n) is 2.70. The van der Waals surface area contributed by atoms with Crippen LogP contribution in [0.3, 0.4) is 0 Å². The van der Waals surface area contributed by atoms with Crippen molar-refractivity contribution in [2.75, 3.05) is 31.0 Å². The molecule has 6 nitrogen and oxygen atoms in total. The molecule has 1 N–H and O–H groups in total. The largest absolute Gasteiger partial charge is 0.497 e. The third-order valence-corrected chi connectivity index (χ3v) is 4.27. The van der Waals surface area contributed by atoms with Gasteiger partial charge in [-0.1, -0.05) is 0 Å². The number of halogens is 3. The Morgan fingerprint density at radius 2 is 1.63 bits per heavy atom. The van der Waals surface area contributed by atoms with Crippen LogP contribution < -0.4 is 19.7 Å². The highest BCUT2D eigenvalue weighted by molar-refractivity contribution is 5.64. The Morgan fingerprint density at radius 3 is 2.20 bits per heavy atom. The van der Waals surface area contributed by atoms with Crippen molar-refractivity contribution in [3.8, 4) is 11.5 Å². The molecule has 0 fully saturated rings. The Morgan fingerprint density at radius 1 is 1.00 bits per heavy atom. The predicted octanol–water partition coefficient (Wildman–Crippen LogP) is 5.41. The summed E-state index contributed by atoms with van der Waals surface area (Å²) >= 11 is 0. The molecule has 0 aliphatic rings. The molecule has 0 aliphatic carbocycles. The topological polar surface area (TPSA) is 59.5 Å². The summed E-state index contributed by atoms with van der Waals surface area (Å²) in [7, 11) is 3.19. The zero-order valence-electron chi connectivity index (χ0n) is 16.7. The number of methoxy groups -OCH3 is 1. The Kier molecular flexibility index (Phi) is 6.29. The van der Waals surface area contributed by atoms with Gasteiger partial charge in [0.05, 0.1) is 13.7 Å². The van der Waals surface area contributed by atoms with Gasteiger partial charge in [-0.3, -0.25) is 0 Å². The van der Waals surface area contributed by atoms with Crippen molar-refractivity contribution in [1.29, 1.82) is 0 Å². The first kappa shape index (κ1) is 21.2. The number of alkyl halides is 3. The summed E-state index contributed by atoms with van der Waals surface area (Å²) in [5, 5.41) is 2.73. The van der Waals surface area contributed by atoms with Crippen molar-refractivity contribution in [2.24, 2.45) is 0 Å². The van der Waals surface area contributed by atoms with Crippen molar-refractivity contribution in [1.82, 2.24) is 9.97 Å². The second kappa shape index (κ2) is 8.89. The molecular weight excluding hydrogens is 397 g/mol. The maximum absolute atomic E-state index is 13.5. The minimum absolute atomic E-state index is 0.114. The van der Waals surface area contributed by atoms with E-state index in [1.54, 1.807) is 60.5 Å². The lowest BCUT2D eigenvalue weighted by molar-refractivity contribution is -0.137. The van der Waals surface area contributed by atoms with Crippen LogP contribution in [0.4, 0.5) is 36.3 Å². The SMILES string of the molecule is CCOc1ccc(N(C)c2ncc(C(F)(F)F)c(Nc3ccc(OC)cc3)n2)cc1. The lowest BCUT2D eigenvalue weighted by atomic mass is 10.2. The molecular formula is C21H21F3N4O2. The van der Waals surface area contributed by atoms with Crippen LogP contribution in [0, 0.1) is 0 Å². The molecule has 0 radical (unpaired) electrons. The van der Waals surface area contributed by atoms with Gasteiger partial charge in [0.2, 0.25) is 5.95 Å². The minimum Gasteiger partial charge on any atom is -0.497 e. The minimum atomic E-state index is -4.61. The molecule has 0 spiro atoms. The number of ether oxygens (including phenoxy) is 2. The molecule has 1 aromatic heterocycles. The summed E-state index contributed by atoms with van der Waals surface area (Å²) in [4.78, 5) is 9.64. The van der Waals surface area contributed by atoms with Crippen LogP contribution in [-0.2, 0) is 6.18 Å². The number of nitrogens with zero attached hydrogens (tertiary/aromatic N) is 3. The van der Waals surface area contributed by atoms with Crippen LogP contribution in [0.2, 0.25) is 0 Å². The molecule has 3 aromatic rings. The molecule has 0 atom stereocenters. The first-order chi connectivity index (χ1) is 14.3. The van der Waals surface area contributed by atoms with Gasteiger partial charge in [0.15, 0.2) is 0 Å². The third-order valence-electron chi connectivity index (χ3n) is 4.27. The van der Waals surface area contributed by atoms with Crippen molar-refractivity contribution in [2.45, 2.75) is 13.1 Å². The standard InChI is InChI=1S/C21H21F3N4O2/c1-4-30-17-11-7-15(8-12-17)28(2)20-25-13-18(21(22,23)24)19(27-20)26-14-5-9-16(29-3)10-6-14/h5-13H,4H2,1-3H3,(H,25,26,27). The summed E-state index contributed by atoms with van der Waals surface area (Å²) in [5.41, 5.74) is 0.186. The van der Waals surface area contributed by atoms with Gasteiger partial charge in [0, 0.05) is 24.6 Å². The van der Waals surface area contributed by atoms with E-state index in [-0.39, 0.29) is 11.8 Å². The average Bonchev–Trinajstić information content (AvgIpc) is 2.74. The molecule has 0 amide bonds. The molecule has 0 unspecified atom stereocenters. The highest BCUT2D eigenvalue weighted by atomic mass is 19.4. The summed E-state index contributed by atoms with van der Waals surface area (Å²) in [5.74, 6) is 1.07. The monoisotopic (exact) mass is 418 g/mol. The zero-order chi connectivity index (χ0) is 21.7. The van der Waals surface area contributed by atoms with Crippen molar-refractivity contribution >= 4 is 23.1 Å². The summed E-state index contributed by atoms with van der Waals surface area (Å²) < 4.78 is 50.9. The average molecular weight is 418 g/mol. The Bertz CT molecular complexity index is 977. The van der Waals surface area contributed by atoms with Crippen LogP contribution in [0.1, 0.15) is 12.5 Å². The smallest absolute Gasteiger partial charge is 0.421 e. The normalized spacial score (nSPS) is 11.1. The van der Waals surface area contributed by atoms with E-state index in [0.717, 1.165) is 6.20 Å². The molecule has 0 bridgehead atoms. The fraction of sp³-hybridized carbons (Fsp3) is 0.238. The number of rotatable bonds is 7. The van der Waals surface area contributed by atoms with Gasteiger partial charge in [0.25, 0.3) is 0 Å². The van der Waals surface area contributed by atoms with Crippen molar-refractivity contribution in [3.05, 3.63) is 60.3 Å². The van der Waals surface area contributed by atoms with E-state index in [4.69, 9.17) is 9.47 Å². The molecule has 9 heteroatoms. The van der Waals surface area contributed by atoms with Crippen LogP contribution in [0.15, 0.2) is 54.7 Å². The molecule has 30 heavy (non-hydrogen) atoms. The quantitative estimate of drug-likeness (QED) is 0.553. The fourth-order valence-corrected chi connectivity index (χ4v) is 2.70. The predicted molar refractivity (Wildman–Crippen MR) is 109 cm³/mol. The van der Waals surface area contributed by atoms with Crippen molar-refractivity contribution < 1.29 is 22.6 Å². The van der Waals surface area contributed by atoms with Crippen LogP contribution in [0.25, 0.3) is 0 Å². The number of hydrogen-bond acceptors (Lipinski definition) is 6. The maximum Gasteiger partial charge on any atom is 0.421 e. The second-order valence-electron chi connectivity index (χ2n) is 6.27. The molecule has 0 saturated carbocycles. The third kappa shape index (κ3) is 4.91. The summed E-state index contributed by atoms with van der Waals surface area (Å²) in [6.45, 7) is 2.42. The number of aromatic nitrogens is 2. The number of anilines is 4. The number of nitrogens with one attached hydrogen (secondary N) is 1. The zero-order valence-corrected chi connectivity index (χ0v) is 16.7. The van der Waals surface area contributed by atoms with Crippen LogP contribution >= 0.6 is 0 Å². The first-order valence-electron chi connectivity index (χ1n) is 9.13. The lowest BCUT2D eigenvalue weighted by Gasteiger charge is -2.20. The Hall–Kier alpha value is -3.49. The van der Waals surface area contributed by atoms with Gasteiger partial charge >= 0.3 is 6.18 Å². The molecule has 0 aliphatic heterocycles. The Labute approximate surface area is 172 Å². The van der Waals surface area contributed by atoms with E-state index in [0.29, 0.717) is 29.5 Å². The number of hydrogen-bond donors (Lipinski definition) is 1. The van der Waals surface area contributed by atoms with E-state index in [1.807, 2.05) is 6.92 Å². The van der Waals surface area contributed by atoms with Gasteiger partial charge < -0.3 is 19.7 Å². The summed E-state index contributed by atoms with van der Waals surface area (Å²) in [6.07, 6.45) is -3.83. The number of benzene rings is 2. The van der Waals surface area contributed by atoms with Gasteiger partial charge in [-0.05, 0) is 55.5 Å². The molecule has 2 aromatic carbocycles. The highest BCUT2D eigenvalue weighted by Gasteiger charge is 2.35. The van der Waals surface area contributed by atoms with Crippen molar-refractivity contribution in [3.63, 3.8) is 0 Å². The Balaban J connectivity index is 1.92. The molecule has 158 valence electrons. The maximum atomic E-state index is 13.5. The van der Waals surface area contributed by atoms with Gasteiger partial charge in [-0.15, -0.1) is 0 Å². The van der Waals surface area contributed by atoms with E-state index in [2.05, 4.69) is 15.3 Å². The van der Waals surface area contributed by atoms with Gasteiger partial charge in [-0.25, -0.2) is 4.98 Å². The molecule has 1 heterocycles. The van der Waals surface area contributed by atoms with E-state index in [9.17, 15) is 13.2 Å². The van der Waals surface area contributed by atoms with Crippen LogP contribution in [-0.4, -0.2) is 30.7 Å². The van der Waals surface area contributed by atoms with E-state index >= 15 is 0 Å². The van der Waals surface area contributed by atoms with Gasteiger partial charge in [-0.2, -0.15) is 18.2 Å². The molecule has 3 rings (SSSR count). The lowest BCUT2D eigenvalue weighted by Crippen LogP contribution is -2.17. The van der Waals surface area contributed by atoms with E-state index in [1.165, 1.54) is 7.11 Å². The second-order valence-corrected chi connectivity index (χ2v) is 6.27. The highest BCUT2D eigenvalue weighted by Crippen LogP contribution is 2.36. The first-order valence-corrected chi connectivity index (χ1v) is 9.13. The van der Waals surface area contributed by atoms with Gasteiger partial charge in [0.1, 0.15) is 22.9 Å².